The number of fused-ring (bicyclic) bond motifs is 1. The molecule has 1 heteroatoms. The Morgan fingerprint density at radius 2 is 2.29 bits per heavy atom. The topological polar surface area (TPSA) is 26.0 Å². The van der Waals surface area contributed by atoms with E-state index < -0.39 is 0 Å². The Morgan fingerprint density at radius 3 is 3.12 bits per heavy atom. The first-order valence-electron chi connectivity index (χ1n) is 6.43. The van der Waals surface area contributed by atoms with Gasteiger partial charge in [0, 0.05) is 12.1 Å². The van der Waals surface area contributed by atoms with Crippen LogP contribution >= 0.6 is 0 Å². The van der Waals surface area contributed by atoms with Gasteiger partial charge in [0.25, 0.3) is 0 Å². The van der Waals surface area contributed by atoms with Crippen LogP contribution in [0.5, 0.6) is 0 Å². The van der Waals surface area contributed by atoms with Gasteiger partial charge in [0.2, 0.25) is 0 Å². The molecule has 0 aromatic heterocycles. The van der Waals surface area contributed by atoms with E-state index in [0.717, 1.165) is 30.5 Å². The number of nitrogens with two attached hydrogens (primary N) is 1. The van der Waals surface area contributed by atoms with Crippen LogP contribution in [0.4, 0.5) is 0 Å². The molecule has 0 aromatic carbocycles. The van der Waals surface area contributed by atoms with E-state index in [2.05, 4.69) is 31.4 Å². The Balaban J connectivity index is 2.34. The summed E-state index contributed by atoms with van der Waals surface area (Å²) in [5, 5.41) is 0. The van der Waals surface area contributed by atoms with Crippen molar-refractivity contribution in [2.75, 3.05) is 0 Å². The molecule has 0 aliphatic heterocycles. The number of hydrogen-bond donors (Lipinski definition) is 1. The first kappa shape index (κ1) is 12.0. The van der Waals surface area contributed by atoms with E-state index in [1.807, 2.05) is 6.08 Å². The monoisotopic (exact) mass is 227 g/mol. The second-order valence-electron chi connectivity index (χ2n) is 5.06. The maximum atomic E-state index is 6.02. The summed E-state index contributed by atoms with van der Waals surface area (Å²) < 4.78 is 0. The van der Waals surface area contributed by atoms with Crippen molar-refractivity contribution in [1.29, 1.82) is 0 Å². The molecule has 0 heterocycles. The fraction of sp³-hybridized carbons (Fsp3) is 0.438. The molecule has 17 heavy (non-hydrogen) atoms. The lowest BCUT2D eigenvalue weighted by Gasteiger charge is -2.15. The molecule has 0 amide bonds. The van der Waals surface area contributed by atoms with Gasteiger partial charge in [0.15, 0.2) is 0 Å². The lowest BCUT2D eigenvalue weighted by molar-refractivity contribution is 0.542. The third-order valence-electron chi connectivity index (χ3n) is 3.62. The maximum Gasteiger partial charge on any atom is 0.0343 e. The predicted molar refractivity (Wildman–Crippen MR) is 73.3 cm³/mol. The van der Waals surface area contributed by atoms with Crippen LogP contribution in [0.2, 0.25) is 0 Å². The van der Waals surface area contributed by atoms with Gasteiger partial charge in [0.05, 0.1) is 0 Å². The molecular formula is C16H21N. The van der Waals surface area contributed by atoms with Crippen molar-refractivity contribution in [3.05, 3.63) is 53.0 Å². The second-order valence-corrected chi connectivity index (χ2v) is 5.06. The van der Waals surface area contributed by atoms with Crippen LogP contribution in [0.15, 0.2) is 53.0 Å². The summed E-state index contributed by atoms with van der Waals surface area (Å²) in [5.74, 6) is 0.625. The smallest absolute Gasteiger partial charge is 0.0343 e. The molecule has 1 atom stereocenters. The summed E-state index contributed by atoms with van der Waals surface area (Å²) in [6.07, 6.45) is 12.2. The quantitative estimate of drug-likeness (QED) is 0.622. The van der Waals surface area contributed by atoms with Crippen molar-refractivity contribution in [3.8, 4) is 0 Å². The second kappa shape index (κ2) is 5.25. The SMILES string of the molecule is C=C1/C=C(N)\C(C)=C/CC2CCCC=C=C2C1. The Morgan fingerprint density at radius 1 is 1.47 bits per heavy atom. The highest BCUT2D eigenvalue weighted by molar-refractivity contribution is 5.36. The van der Waals surface area contributed by atoms with Crippen LogP contribution in [0.25, 0.3) is 0 Å². The lowest BCUT2D eigenvalue weighted by Crippen LogP contribution is -2.02. The van der Waals surface area contributed by atoms with Crippen LogP contribution in [0.3, 0.4) is 0 Å². The lowest BCUT2D eigenvalue weighted by atomic mass is 9.88. The molecule has 0 saturated carbocycles. The molecule has 1 unspecified atom stereocenters. The van der Waals surface area contributed by atoms with Gasteiger partial charge in [-0.05, 0) is 67.4 Å². The molecule has 0 fully saturated rings. The average molecular weight is 227 g/mol. The van der Waals surface area contributed by atoms with Crippen LogP contribution < -0.4 is 5.73 Å². The van der Waals surface area contributed by atoms with Crippen LogP contribution in [0, 0.1) is 5.92 Å². The van der Waals surface area contributed by atoms with Gasteiger partial charge in [-0.1, -0.05) is 12.7 Å². The van der Waals surface area contributed by atoms with Crippen molar-refractivity contribution < 1.29 is 0 Å². The Hall–Kier alpha value is -1.46. The average Bonchev–Trinajstić information content (AvgIpc) is 2.48. The zero-order valence-corrected chi connectivity index (χ0v) is 10.6. The summed E-state index contributed by atoms with van der Waals surface area (Å²) in [4.78, 5) is 0. The van der Waals surface area contributed by atoms with E-state index >= 15 is 0 Å². The highest BCUT2D eigenvalue weighted by atomic mass is 14.6. The van der Waals surface area contributed by atoms with E-state index in [0.29, 0.717) is 5.92 Å². The highest BCUT2D eigenvalue weighted by Gasteiger charge is 2.16. The van der Waals surface area contributed by atoms with Gasteiger partial charge in [-0.25, -0.2) is 0 Å². The van der Waals surface area contributed by atoms with Gasteiger partial charge < -0.3 is 5.73 Å². The molecule has 90 valence electrons. The minimum Gasteiger partial charge on any atom is -0.399 e. The number of rotatable bonds is 0. The maximum absolute atomic E-state index is 6.02. The van der Waals surface area contributed by atoms with Crippen molar-refractivity contribution in [3.63, 3.8) is 0 Å². The molecule has 0 aromatic rings. The van der Waals surface area contributed by atoms with E-state index in [9.17, 15) is 0 Å². The first-order valence-corrected chi connectivity index (χ1v) is 6.43. The molecule has 1 nitrogen and oxygen atoms in total. The Bertz CT molecular complexity index is 442. The van der Waals surface area contributed by atoms with Gasteiger partial charge in [-0.3, -0.25) is 0 Å². The normalized spacial score (nSPS) is 31.7. The van der Waals surface area contributed by atoms with Crippen molar-refractivity contribution >= 4 is 0 Å². The van der Waals surface area contributed by atoms with Crippen molar-refractivity contribution in [1.82, 2.24) is 0 Å². The molecule has 0 saturated heterocycles. The van der Waals surface area contributed by atoms with Gasteiger partial charge >= 0.3 is 0 Å². The zero-order chi connectivity index (χ0) is 12.3. The third-order valence-corrected chi connectivity index (χ3v) is 3.62. The Labute approximate surface area is 104 Å². The molecule has 2 aliphatic rings. The predicted octanol–water partition coefficient (Wildman–Crippen LogP) is 4.01. The van der Waals surface area contributed by atoms with Gasteiger partial charge in [-0.15, -0.1) is 5.73 Å². The van der Waals surface area contributed by atoms with E-state index in [1.54, 1.807) is 0 Å². The van der Waals surface area contributed by atoms with E-state index in [1.165, 1.54) is 24.0 Å². The molecule has 2 aliphatic carbocycles. The first-order chi connectivity index (χ1) is 8.16. The summed E-state index contributed by atoms with van der Waals surface area (Å²) in [7, 11) is 0. The molecule has 0 bridgehead atoms. The fourth-order valence-corrected chi connectivity index (χ4v) is 2.48. The summed E-state index contributed by atoms with van der Waals surface area (Å²) in [6.45, 7) is 6.19. The summed E-state index contributed by atoms with van der Waals surface area (Å²) in [5.41, 5.74) is 14.0. The van der Waals surface area contributed by atoms with Crippen LogP contribution in [0.1, 0.15) is 39.0 Å². The minimum atomic E-state index is 0.625. The molecule has 2 N–H and O–H groups in total. The third kappa shape index (κ3) is 3.01. The molecule has 0 radical (unpaired) electrons. The standard InChI is InChI=1S/C16H21N/c1-12-10-15-7-5-3-4-6-14(15)9-8-13(2)16(17)11-12/h5,8,11,14H,1,3-4,6,9-10,17H2,2H3/b13-8-,16-11+. The van der Waals surface area contributed by atoms with Crippen molar-refractivity contribution in [2.45, 2.75) is 39.0 Å². The number of hydrogen-bond acceptors (Lipinski definition) is 1. The molecule has 2 rings (SSSR count). The molecular weight excluding hydrogens is 206 g/mol. The summed E-state index contributed by atoms with van der Waals surface area (Å²) >= 11 is 0. The number of allylic oxidation sites excluding steroid dienone is 5. The largest absolute Gasteiger partial charge is 0.399 e. The van der Waals surface area contributed by atoms with Gasteiger partial charge in [-0.2, -0.15) is 0 Å². The van der Waals surface area contributed by atoms with Crippen LogP contribution in [-0.4, -0.2) is 0 Å². The van der Waals surface area contributed by atoms with Gasteiger partial charge in [0.1, 0.15) is 0 Å². The zero-order valence-electron chi connectivity index (χ0n) is 10.6. The minimum absolute atomic E-state index is 0.625. The highest BCUT2D eigenvalue weighted by Crippen LogP contribution is 2.31. The fourth-order valence-electron chi connectivity index (χ4n) is 2.48. The van der Waals surface area contributed by atoms with E-state index in [4.69, 9.17) is 5.73 Å². The molecule has 0 spiro atoms. The van der Waals surface area contributed by atoms with E-state index in [-0.39, 0.29) is 0 Å². The van der Waals surface area contributed by atoms with Crippen LogP contribution in [-0.2, 0) is 0 Å². The summed E-state index contributed by atoms with van der Waals surface area (Å²) in [6, 6.07) is 0. The van der Waals surface area contributed by atoms with Crippen molar-refractivity contribution in [2.24, 2.45) is 11.7 Å². The Kier molecular flexibility index (Phi) is 3.71.